The fraction of sp³-hybridized carbons (Fsp3) is 0.429. The molecular weight excluding hydrogens is 504 g/mol. The van der Waals surface area contributed by atoms with E-state index in [0.717, 1.165) is 30.2 Å². The number of nitrogens with zero attached hydrogens (tertiary/aromatic N) is 1. The second kappa shape index (κ2) is 13.5. The molecule has 1 aliphatic heterocycles. The zero-order valence-electron chi connectivity index (χ0n) is 21.9. The number of ether oxygens (including phenoxy) is 1. The molecule has 0 saturated carbocycles. The van der Waals surface area contributed by atoms with Gasteiger partial charge in [-0.05, 0) is 54.3 Å². The average Bonchev–Trinajstić information content (AvgIpc) is 3.01. The summed E-state index contributed by atoms with van der Waals surface area (Å²) in [6.45, 7) is 3.94. The van der Waals surface area contributed by atoms with E-state index in [1.165, 1.54) is 13.2 Å². The molecule has 0 spiro atoms. The van der Waals surface area contributed by atoms with Crippen LogP contribution in [0.2, 0.25) is 0 Å². The summed E-state index contributed by atoms with van der Waals surface area (Å²) in [5.74, 6) is -0.244. The van der Waals surface area contributed by atoms with Crippen molar-refractivity contribution in [1.29, 1.82) is 0 Å². The number of benzene rings is 2. The summed E-state index contributed by atoms with van der Waals surface area (Å²) in [5, 5.41) is 14.9. The van der Waals surface area contributed by atoms with Crippen LogP contribution >= 0.6 is 12.0 Å². The minimum atomic E-state index is -4.76. The molecule has 0 saturated heterocycles. The quantitative estimate of drug-likeness (QED) is 0.0633. The maximum atomic E-state index is 11.8. The first-order valence-corrected chi connectivity index (χ1v) is 12.1. The van der Waals surface area contributed by atoms with E-state index in [2.05, 4.69) is 19.1 Å². The van der Waals surface area contributed by atoms with Crippen molar-refractivity contribution in [3.05, 3.63) is 29.8 Å². The predicted octanol–water partition coefficient (Wildman–Crippen LogP) is -2.31. The van der Waals surface area contributed by atoms with Crippen LogP contribution in [0.1, 0.15) is 54.4 Å². The van der Waals surface area contributed by atoms with E-state index in [1.54, 1.807) is 6.07 Å². The van der Waals surface area contributed by atoms with Crippen LogP contribution in [0, 0.1) is 0 Å². The fourth-order valence-electron chi connectivity index (χ4n) is 4.12. The van der Waals surface area contributed by atoms with Gasteiger partial charge in [0.1, 0.15) is 10.1 Å². The normalized spacial score (nSPS) is 16.9. The molecule has 0 N–H and O–H groups in total. The Morgan fingerprint density at radius 1 is 1.18 bits per heavy atom. The van der Waals surface area contributed by atoms with E-state index in [1.807, 2.05) is 19.9 Å². The van der Waals surface area contributed by atoms with Gasteiger partial charge in [-0.15, -0.1) is 0 Å². The molecule has 0 aromatic heterocycles. The number of carbonyl (C=O) groups excluding carboxylic acids is 1. The second-order valence-corrected chi connectivity index (χ2v) is 9.94. The average molecular weight is 530 g/mol. The zero-order valence-corrected chi connectivity index (χ0v) is 25.5. The van der Waals surface area contributed by atoms with Gasteiger partial charge in [0.2, 0.25) is 0 Å². The van der Waals surface area contributed by atoms with E-state index in [-0.39, 0.29) is 72.8 Å². The van der Waals surface area contributed by atoms with E-state index in [9.17, 15) is 23.0 Å². The SMILES string of the molecule is COC(=O)CCCCCC1(C)C(C)=Nc2ccc3c(SOO[O-])cc(S(=O)(=O)[O-])cc3c21.[H-].[H-].[Na+].[Na+]. The summed E-state index contributed by atoms with van der Waals surface area (Å²) >= 11 is 0.537. The van der Waals surface area contributed by atoms with Gasteiger partial charge in [-0.25, -0.2) is 8.42 Å². The number of aliphatic imine (C=N–C) groups is 1. The van der Waals surface area contributed by atoms with Crippen molar-refractivity contribution in [3.8, 4) is 0 Å². The van der Waals surface area contributed by atoms with Crippen molar-refractivity contribution in [2.24, 2.45) is 4.99 Å². The Hall–Kier alpha value is -0.0200. The maximum absolute atomic E-state index is 11.8. The van der Waals surface area contributed by atoms with E-state index in [0.29, 0.717) is 47.8 Å². The van der Waals surface area contributed by atoms with Crippen LogP contribution in [0.15, 0.2) is 39.0 Å². The molecule has 2 aromatic carbocycles. The second-order valence-electron chi connectivity index (χ2n) is 7.82. The van der Waals surface area contributed by atoms with Crippen LogP contribution in [0.3, 0.4) is 0 Å². The number of methoxy groups -OCH3 is 1. The minimum Gasteiger partial charge on any atom is -1.00 e. The van der Waals surface area contributed by atoms with Gasteiger partial charge in [0, 0.05) is 22.4 Å². The van der Waals surface area contributed by atoms with E-state index < -0.39 is 20.4 Å². The van der Waals surface area contributed by atoms with Crippen LogP contribution in [0.4, 0.5) is 5.69 Å². The first kappa shape index (κ1) is 32.0. The maximum Gasteiger partial charge on any atom is 1.00 e. The zero-order chi connectivity index (χ0) is 23.5. The molecular formula is C21H25NNa2O8S2-2. The van der Waals surface area contributed by atoms with Gasteiger partial charge in [0.25, 0.3) is 0 Å². The summed E-state index contributed by atoms with van der Waals surface area (Å²) in [7, 11) is -3.40. The van der Waals surface area contributed by atoms with Crippen LogP contribution in [0.5, 0.6) is 0 Å². The van der Waals surface area contributed by atoms with E-state index in [4.69, 9.17) is 0 Å². The summed E-state index contributed by atoms with van der Waals surface area (Å²) in [6.07, 6.45) is 3.39. The number of hydrogen-bond donors (Lipinski definition) is 0. The van der Waals surface area contributed by atoms with Crippen LogP contribution in [-0.2, 0) is 34.4 Å². The molecule has 178 valence electrons. The Balaban J connectivity index is 0. The van der Waals surface area contributed by atoms with Gasteiger partial charge in [0.15, 0.2) is 0 Å². The molecule has 9 nitrogen and oxygen atoms in total. The molecule has 0 amide bonds. The van der Waals surface area contributed by atoms with Crippen LogP contribution < -0.4 is 64.4 Å². The number of hydrogen-bond acceptors (Lipinski definition) is 10. The van der Waals surface area contributed by atoms with Crippen molar-refractivity contribution in [3.63, 3.8) is 0 Å². The molecule has 0 bridgehead atoms. The Morgan fingerprint density at radius 3 is 2.50 bits per heavy atom. The van der Waals surface area contributed by atoms with Crippen molar-refractivity contribution < 1.29 is 99.1 Å². The Labute approximate surface area is 250 Å². The molecule has 0 radical (unpaired) electrons. The Morgan fingerprint density at radius 2 is 1.88 bits per heavy atom. The minimum absolute atomic E-state index is 0. The largest absolute Gasteiger partial charge is 1.00 e. The van der Waals surface area contributed by atoms with Gasteiger partial charge in [-0.2, -0.15) is 4.33 Å². The smallest absolute Gasteiger partial charge is 1.00 e. The first-order valence-electron chi connectivity index (χ1n) is 9.94. The van der Waals surface area contributed by atoms with Gasteiger partial charge >= 0.3 is 65.1 Å². The third kappa shape index (κ3) is 7.05. The summed E-state index contributed by atoms with van der Waals surface area (Å²) < 4.78 is 44.4. The standard InChI is InChI=1S/C21H25NO8S2.2Na.2H/c1-13-21(2,10-6-4-5-7-19(23)28-3)20-16-11-14(32(25,26)27)12-18(31-30-29-24)15(16)8-9-17(20)22-13;;;;/h8-9,11-12,24H,4-7,10H2,1-3H3,(H,25,26,27);;;;/q;2*+1;2*-1/p-2. The molecule has 0 aliphatic carbocycles. The van der Waals surface area contributed by atoms with E-state index >= 15 is 0 Å². The third-order valence-corrected chi connectivity index (χ3v) is 7.37. The molecule has 13 heteroatoms. The van der Waals surface area contributed by atoms with Crippen LogP contribution in [-0.4, -0.2) is 31.8 Å². The Kier molecular flexibility index (Phi) is 12.7. The first-order chi connectivity index (χ1) is 15.1. The van der Waals surface area contributed by atoms with Crippen molar-refractivity contribution in [1.82, 2.24) is 0 Å². The molecule has 1 aliphatic rings. The molecule has 0 fully saturated rings. The van der Waals surface area contributed by atoms with Gasteiger partial charge in [0.05, 0.1) is 29.7 Å². The van der Waals surface area contributed by atoms with Crippen molar-refractivity contribution >= 4 is 50.3 Å². The van der Waals surface area contributed by atoms with Crippen LogP contribution in [0.25, 0.3) is 10.8 Å². The van der Waals surface area contributed by atoms with Gasteiger partial charge in [-0.3, -0.25) is 14.8 Å². The molecule has 3 rings (SSSR count). The topological polar surface area (TPSA) is 137 Å². The monoisotopic (exact) mass is 529 g/mol. The Bertz CT molecular complexity index is 1180. The summed E-state index contributed by atoms with van der Waals surface area (Å²) in [4.78, 5) is 15.8. The predicted molar refractivity (Wildman–Crippen MR) is 117 cm³/mol. The fourth-order valence-corrected chi connectivity index (χ4v) is 5.26. The summed E-state index contributed by atoms with van der Waals surface area (Å²) in [6, 6.07) is 6.07. The number of unbranched alkanes of at least 4 members (excludes halogenated alkanes) is 2. The third-order valence-electron chi connectivity index (χ3n) is 5.91. The number of esters is 1. The number of fused-ring (bicyclic) bond motifs is 3. The molecule has 34 heavy (non-hydrogen) atoms. The molecule has 1 heterocycles. The van der Waals surface area contributed by atoms with Gasteiger partial charge < -0.3 is 17.4 Å². The van der Waals surface area contributed by atoms with Gasteiger partial charge in [-0.1, -0.05) is 25.8 Å². The molecule has 1 atom stereocenters. The summed E-state index contributed by atoms with van der Waals surface area (Å²) in [5.41, 5.74) is 1.89. The molecule has 1 unspecified atom stereocenters. The van der Waals surface area contributed by atoms with Crippen molar-refractivity contribution in [2.45, 2.75) is 61.2 Å². The van der Waals surface area contributed by atoms with Crippen molar-refractivity contribution in [2.75, 3.05) is 7.11 Å². The number of carbonyl (C=O) groups is 1. The molecule has 2 aromatic rings. The number of rotatable bonds is 10.